The summed E-state index contributed by atoms with van der Waals surface area (Å²) in [4.78, 5) is 0. The fraction of sp³-hybridized carbons (Fsp3) is 1.00. The highest BCUT2D eigenvalue weighted by atomic mass is 14.7. The Morgan fingerprint density at radius 3 is 2.36 bits per heavy atom. The van der Waals surface area contributed by atoms with Crippen molar-refractivity contribution in [3.63, 3.8) is 0 Å². The van der Waals surface area contributed by atoms with Gasteiger partial charge in [-0.05, 0) is 37.0 Å². The molecule has 0 aromatic rings. The van der Waals surface area contributed by atoms with Crippen molar-refractivity contribution in [3.05, 3.63) is 0 Å². The van der Waals surface area contributed by atoms with E-state index in [9.17, 15) is 0 Å². The van der Waals surface area contributed by atoms with Crippen LogP contribution in [0, 0.1) is 17.8 Å². The van der Waals surface area contributed by atoms with Gasteiger partial charge in [0, 0.05) is 6.04 Å². The lowest BCUT2D eigenvalue weighted by atomic mass is 10.0. The minimum Gasteiger partial charge on any atom is -0.327 e. The van der Waals surface area contributed by atoms with Crippen molar-refractivity contribution in [2.45, 2.75) is 64.3 Å². The fourth-order valence-electron chi connectivity index (χ4n) is 3.51. The Hall–Kier alpha value is -0.0400. The lowest BCUT2D eigenvalue weighted by Crippen LogP contribution is -2.23. The van der Waals surface area contributed by atoms with E-state index in [-0.39, 0.29) is 0 Å². The predicted molar refractivity (Wildman–Crippen MR) is 61.1 cm³/mol. The third kappa shape index (κ3) is 2.13. The average Bonchev–Trinajstić information content (AvgIpc) is 2.92. The van der Waals surface area contributed by atoms with E-state index in [1.165, 1.54) is 51.4 Å². The lowest BCUT2D eigenvalue weighted by Gasteiger charge is -2.10. The summed E-state index contributed by atoms with van der Waals surface area (Å²) in [6.45, 7) is 2.27. The summed E-state index contributed by atoms with van der Waals surface area (Å²) in [7, 11) is 0. The van der Waals surface area contributed by atoms with E-state index in [1.807, 2.05) is 0 Å². The third-order valence-corrected chi connectivity index (χ3v) is 4.36. The highest BCUT2D eigenvalue weighted by Crippen LogP contribution is 2.57. The highest BCUT2D eigenvalue weighted by Gasteiger charge is 2.52. The van der Waals surface area contributed by atoms with Crippen LogP contribution < -0.4 is 5.73 Å². The lowest BCUT2D eigenvalue weighted by molar-refractivity contribution is 0.477. The van der Waals surface area contributed by atoms with Gasteiger partial charge in [-0.15, -0.1) is 0 Å². The van der Waals surface area contributed by atoms with E-state index in [0.717, 1.165) is 17.8 Å². The Balaban J connectivity index is 1.69. The van der Waals surface area contributed by atoms with Gasteiger partial charge < -0.3 is 5.73 Å². The van der Waals surface area contributed by atoms with Crippen LogP contribution in [0.2, 0.25) is 0 Å². The molecule has 0 radical (unpaired) electrons. The van der Waals surface area contributed by atoms with Crippen molar-refractivity contribution in [2.24, 2.45) is 23.5 Å². The van der Waals surface area contributed by atoms with E-state index in [2.05, 4.69) is 6.92 Å². The molecule has 0 heterocycles. The Kier molecular flexibility index (Phi) is 3.48. The van der Waals surface area contributed by atoms with Crippen LogP contribution >= 0.6 is 0 Å². The van der Waals surface area contributed by atoms with Gasteiger partial charge in [0.1, 0.15) is 0 Å². The number of unbranched alkanes of at least 4 members (excludes halogenated alkanes) is 2. The molecule has 2 aliphatic rings. The minimum absolute atomic E-state index is 0.537. The van der Waals surface area contributed by atoms with Crippen molar-refractivity contribution in [1.29, 1.82) is 0 Å². The van der Waals surface area contributed by atoms with E-state index < -0.39 is 0 Å². The first-order valence-electron chi connectivity index (χ1n) is 6.60. The zero-order valence-electron chi connectivity index (χ0n) is 9.54. The minimum atomic E-state index is 0.537. The first-order chi connectivity index (χ1) is 6.84. The van der Waals surface area contributed by atoms with Crippen LogP contribution in [0.15, 0.2) is 0 Å². The third-order valence-electron chi connectivity index (χ3n) is 4.36. The molecule has 2 aliphatic carbocycles. The maximum Gasteiger partial charge on any atom is 0.00726 e. The quantitative estimate of drug-likeness (QED) is 0.669. The number of hydrogen-bond donors (Lipinski definition) is 1. The smallest absolute Gasteiger partial charge is 0.00726 e. The molecule has 0 aromatic carbocycles. The van der Waals surface area contributed by atoms with Crippen LogP contribution in [0.4, 0.5) is 0 Å². The van der Waals surface area contributed by atoms with E-state index in [0.29, 0.717) is 6.04 Å². The SMILES string of the molecule is CCCCCC(N)C1C2CCCCC21. The van der Waals surface area contributed by atoms with Gasteiger partial charge in [-0.3, -0.25) is 0 Å². The molecule has 14 heavy (non-hydrogen) atoms. The Bertz CT molecular complexity index is 166. The molecule has 0 aliphatic heterocycles. The number of fused-ring (bicyclic) bond motifs is 1. The molecule has 1 nitrogen and oxygen atoms in total. The Morgan fingerprint density at radius 1 is 1.14 bits per heavy atom. The second kappa shape index (κ2) is 4.65. The van der Waals surface area contributed by atoms with Crippen LogP contribution in [0.25, 0.3) is 0 Å². The molecular formula is C13H25N. The molecule has 2 N–H and O–H groups in total. The van der Waals surface area contributed by atoms with Crippen molar-refractivity contribution in [3.8, 4) is 0 Å². The van der Waals surface area contributed by atoms with Gasteiger partial charge in [0.25, 0.3) is 0 Å². The van der Waals surface area contributed by atoms with Gasteiger partial charge in [-0.1, -0.05) is 39.0 Å². The average molecular weight is 195 g/mol. The molecule has 1 heteroatoms. The van der Waals surface area contributed by atoms with E-state index in [4.69, 9.17) is 5.73 Å². The molecule has 2 fully saturated rings. The predicted octanol–water partition coefficient (Wildman–Crippen LogP) is 3.33. The fourth-order valence-corrected chi connectivity index (χ4v) is 3.51. The first-order valence-corrected chi connectivity index (χ1v) is 6.60. The summed E-state index contributed by atoms with van der Waals surface area (Å²) < 4.78 is 0. The van der Waals surface area contributed by atoms with Crippen LogP contribution in [-0.4, -0.2) is 6.04 Å². The zero-order chi connectivity index (χ0) is 9.97. The summed E-state index contributed by atoms with van der Waals surface area (Å²) in [5.74, 6) is 3.01. The summed E-state index contributed by atoms with van der Waals surface area (Å²) >= 11 is 0. The van der Waals surface area contributed by atoms with Crippen LogP contribution in [0.5, 0.6) is 0 Å². The monoisotopic (exact) mass is 195 g/mol. The van der Waals surface area contributed by atoms with Crippen molar-refractivity contribution in [1.82, 2.24) is 0 Å². The summed E-state index contributed by atoms with van der Waals surface area (Å²) in [6, 6.07) is 0.537. The van der Waals surface area contributed by atoms with Crippen LogP contribution in [-0.2, 0) is 0 Å². The summed E-state index contributed by atoms with van der Waals surface area (Å²) in [5, 5.41) is 0. The van der Waals surface area contributed by atoms with Gasteiger partial charge >= 0.3 is 0 Å². The number of rotatable bonds is 5. The van der Waals surface area contributed by atoms with Crippen molar-refractivity contribution in [2.75, 3.05) is 0 Å². The molecule has 0 saturated heterocycles. The van der Waals surface area contributed by atoms with Gasteiger partial charge in [-0.2, -0.15) is 0 Å². The topological polar surface area (TPSA) is 26.0 Å². The zero-order valence-corrected chi connectivity index (χ0v) is 9.54. The molecular weight excluding hydrogens is 170 g/mol. The van der Waals surface area contributed by atoms with Crippen LogP contribution in [0.3, 0.4) is 0 Å². The molecule has 2 saturated carbocycles. The second-order valence-electron chi connectivity index (χ2n) is 5.35. The van der Waals surface area contributed by atoms with Crippen molar-refractivity contribution < 1.29 is 0 Å². The second-order valence-corrected chi connectivity index (χ2v) is 5.35. The Morgan fingerprint density at radius 2 is 1.79 bits per heavy atom. The molecule has 0 amide bonds. The van der Waals surface area contributed by atoms with Gasteiger partial charge in [0.2, 0.25) is 0 Å². The molecule has 0 bridgehead atoms. The number of hydrogen-bond acceptors (Lipinski definition) is 1. The van der Waals surface area contributed by atoms with Crippen molar-refractivity contribution >= 4 is 0 Å². The normalized spacial score (nSPS) is 37.7. The van der Waals surface area contributed by atoms with Crippen LogP contribution in [0.1, 0.15) is 58.3 Å². The maximum absolute atomic E-state index is 6.28. The van der Waals surface area contributed by atoms with E-state index in [1.54, 1.807) is 0 Å². The first kappa shape index (κ1) is 10.5. The molecule has 3 unspecified atom stereocenters. The highest BCUT2D eigenvalue weighted by molar-refractivity contribution is 5.03. The molecule has 0 aromatic heterocycles. The van der Waals surface area contributed by atoms with Gasteiger partial charge in [0.15, 0.2) is 0 Å². The Labute approximate surface area is 88.4 Å². The standard InChI is InChI=1S/C13H25N/c1-2-3-4-9-12(14)13-10-7-5-6-8-11(10)13/h10-13H,2-9,14H2,1H3. The largest absolute Gasteiger partial charge is 0.327 e. The molecule has 2 rings (SSSR count). The maximum atomic E-state index is 6.28. The van der Waals surface area contributed by atoms with E-state index >= 15 is 0 Å². The molecule has 82 valence electrons. The summed E-state index contributed by atoms with van der Waals surface area (Å²) in [5.41, 5.74) is 6.28. The molecule has 0 spiro atoms. The molecule has 3 atom stereocenters. The summed E-state index contributed by atoms with van der Waals surface area (Å²) in [6.07, 6.45) is 11.2. The van der Waals surface area contributed by atoms with Gasteiger partial charge in [-0.25, -0.2) is 0 Å². The number of nitrogens with two attached hydrogens (primary N) is 1. The van der Waals surface area contributed by atoms with Gasteiger partial charge in [0.05, 0.1) is 0 Å².